The zero-order chi connectivity index (χ0) is 20.6. The predicted octanol–water partition coefficient (Wildman–Crippen LogP) is 4.12. The van der Waals surface area contributed by atoms with Crippen LogP contribution in [0.15, 0.2) is 29.8 Å². The molecule has 28 heavy (non-hydrogen) atoms. The highest BCUT2D eigenvalue weighted by Crippen LogP contribution is 2.42. The third kappa shape index (κ3) is 4.08. The Morgan fingerprint density at radius 3 is 2.57 bits per heavy atom. The molecule has 0 saturated heterocycles. The monoisotopic (exact) mass is 384 g/mol. The molecule has 5 nitrogen and oxygen atoms in total. The van der Waals surface area contributed by atoms with E-state index < -0.39 is 11.7 Å². The molecule has 0 fully saturated rings. The van der Waals surface area contributed by atoms with Crippen LogP contribution in [-0.4, -0.2) is 53.6 Å². The first-order valence-corrected chi connectivity index (χ1v) is 10.1. The second kappa shape index (κ2) is 7.61. The fourth-order valence-electron chi connectivity index (χ4n) is 4.33. The van der Waals surface area contributed by atoms with Gasteiger partial charge in [-0.25, -0.2) is 4.79 Å². The van der Waals surface area contributed by atoms with Gasteiger partial charge in [0.1, 0.15) is 12.1 Å². The topological polar surface area (TPSA) is 49.9 Å². The van der Waals surface area contributed by atoms with Crippen molar-refractivity contribution in [3.63, 3.8) is 0 Å². The van der Waals surface area contributed by atoms with Gasteiger partial charge in [-0.3, -0.25) is 4.79 Å². The van der Waals surface area contributed by atoms with E-state index in [1.165, 1.54) is 27.2 Å². The van der Waals surface area contributed by atoms with Crippen LogP contribution in [0.3, 0.4) is 0 Å². The second-order valence-corrected chi connectivity index (χ2v) is 9.20. The third-order valence-electron chi connectivity index (χ3n) is 5.44. The maximum absolute atomic E-state index is 13.1. The molecule has 1 atom stereocenters. The minimum absolute atomic E-state index is 0.0189. The summed E-state index contributed by atoms with van der Waals surface area (Å²) in [5, 5.41) is 0. The molecule has 1 aromatic carbocycles. The number of nitrogens with zero attached hydrogens (tertiary/aromatic N) is 2. The number of hydrogen-bond acceptors (Lipinski definition) is 3. The lowest BCUT2D eigenvalue weighted by molar-refractivity contribution is -0.134. The van der Waals surface area contributed by atoms with Crippen LogP contribution in [-0.2, 0) is 16.0 Å². The van der Waals surface area contributed by atoms with Gasteiger partial charge in [-0.15, -0.1) is 0 Å². The summed E-state index contributed by atoms with van der Waals surface area (Å²) in [6.07, 6.45) is 1.32. The number of carbonyl (C=O) groups is 2. The molecular formula is C23H32N2O3. The van der Waals surface area contributed by atoms with E-state index >= 15 is 0 Å². The first-order valence-electron chi connectivity index (χ1n) is 10.1. The van der Waals surface area contributed by atoms with Crippen molar-refractivity contribution in [2.75, 3.05) is 20.1 Å². The van der Waals surface area contributed by atoms with E-state index in [1.807, 2.05) is 25.7 Å². The van der Waals surface area contributed by atoms with Crippen LogP contribution in [0.2, 0.25) is 0 Å². The highest BCUT2D eigenvalue weighted by molar-refractivity contribution is 5.86. The van der Waals surface area contributed by atoms with E-state index in [-0.39, 0.29) is 18.5 Å². The zero-order valence-corrected chi connectivity index (χ0v) is 17.9. The Bertz CT molecular complexity index is 804. The Labute approximate surface area is 168 Å². The molecule has 2 amide bonds. The highest BCUT2D eigenvalue weighted by atomic mass is 16.6. The average Bonchev–Trinajstić information content (AvgIpc) is 2.97. The molecule has 0 N–H and O–H groups in total. The van der Waals surface area contributed by atoms with E-state index in [1.54, 1.807) is 7.05 Å². The number of benzene rings is 1. The smallest absolute Gasteiger partial charge is 0.410 e. The maximum atomic E-state index is 13.1. The van der Waals surface area contributed by atoms with E-state index in [4.69, 9.17) is 4.74 Å². The Balaban J connectivity index is 1.76. The van der Waals surface area contributed by atoms with E-state index in [9.17, 15) is 9.59 Å². The summed E-state index contributed by atoms with van der Waals surface area (Å²) in [4.78, 5) is 28.7. The SMILES string of the molecule is CC(C)C1C2=C(CCN1C(=O)CN(C)C(=O)OC(C)(C)C)c1ccccc1C2. The number of ether oxygens (including phenoxy) is 1. The van der Waals surface area contributed by atoms with Crippen molar-refractivity contribution in [3.05, 3.63) is 41.0 Å². The predicted molar refractivity (Wildman–Crippen MR) is 111 cm³/mol. The fourth-order valence-corrected chi connectivity index (χ4v) is 4.33. The lowest BCUT2D eigenvalue weighted by Crippen LogP contribution is -2.51. The summed E-state index contributed by atoms with van der Waals surface area (Å²) < 4.78 is 5.38. The molecule has 1 aromatic rings. The largest absolute Gasteiger partial charge is 0.444 e. The molecular weight excluding hydrogens is 352 g/mol. The van der Waals surface area contributed by atoms with Crippen LogP contribution in [0.25, 0.3) is 5.57 Å². The molecule has 1 unspecified atom stereocenters. The van der Waals surface area contributed by atoms with Gasteiger partial charge >= 0.3 is 6.09 Å². The highest BCUT2D eigenvalue weighted by Gasteiger charge is 2.38. The van der Waals surface area contributed by atoms with Crippen LogP contribution >= 0.6 is 0 Å². The van der Waals surface area contributed by atoms with Gasteiger partial charge in [0.2, 0.25) is 5.91 Å². The van der Waals surface area contributed by atoms with Gasteiger partial charge < -0.3 is 14.5 Å². The number of hydrogen-bond donors (Lipinski definition) is 0. The molecule has 1 aliphatic carbocycles. The summed E-state index contributed by atoms with van der Waals surface area (Å²) in [6.45, 7) is 10.5. The van der Waals surface area contributed by atoms with Crippen molar-refractivity contribution in [2.24, 2.45) is 5.92 Å². The molecule has 2 aliphatic rings. The van der Waals surface area contributed by atoms with Gasteiger partial charge in [0.15, 0.2) is 0 Å². The minimum atomic E-state index is -0.574. The summed E-state index contributed by atoms with van der Waals surface area (Å²) in [5.74, 6) is 0.296. The lowest BCUT2D eigenvalue weighted by atomic mass is 9.86. The van der Waals surface area contributed by atoms with Crippen LogP contribution in [0.4, 0.5) is 4.79 Å². The normalized spacial score (nSPS) is 18.8. The standard InChI is InChI=1S/C23H32N2O3/c1-15(2)21-19-13-16-9-7-8-10-17(16)18(19)11-12-25(21)20(26)14-24(6)22(27)28-23(3,4)5/h7-10,15,21H,11-14H2,1-6H3. The Morgan fingerprint density at radius 1 is 1.25 bits per heavy atom. The fraction of sp³-hybridized carbons (Fsp3) is 0.565. The first-order chi connectivity index (χ1) is 13.1. The summed E-state index contributed by atoms with van der Waals surface area (Å²) >= 11 is 0. The molecule has 0 saturated carbocycles. The third-order valence-corrected chi connectivity index (χ3v) is 5.44. The Morgan fingerprint density at radius 2 is 1.93 bits per heavy atom. The summed E-state index contributed by atoms with van der Waals surface area (Å²) in [5.41, 5.74) is 4.92. The van der Waals surface area contributed by atoms with Gasteiger partial charge in [0.05, 0.1) is 6.04 Å². The number of carbonyl (C=O) groups excluding carboxylic acids is 2. The molecule has 1 heterocycles. The van der Waals surface area contributed by atoms with Crippen molar-refractivity contribution in [2.45, 2.75) is 59.1 Å². The minimum Gasteiger partial charge on any atom is -0.444 e. The molecule has 0 aromatic heterocycles. The van der Waals surface area contributed by atoms with Crippen molar-refractivity contribution < 1.29 is 14.3 Å². The van der Waals surface area contributed by atoms with Crippen molar-refractivity contribution >= 4 is 17.6 Å². The van der Waals surface area contributed by atoms with E-state index in [2.05, 4.69) is 38.1 Å². The zero-order valence-electron chi connectivity index (χ0n) is 17.9. The molecule has 0 spiro atoms. The molecule has 152 valence electrons. The van der Waals surface area contributed by atoms with Gasteiger partial charge in [0, 0.05) is 13.6 Å². The number of fused-ring (bicyclic) bond motifs is 2. The van der Waals surface area contributed by atoms with Crippen LogP contribution in [0, 0.1) is 5.92 Å². The Kier molecular flexibility index (Phi) is 5.55. The average molecular weight is 385 g/mol. The van der Waals surface area contributed by atoms with Crippen molar-refractivity contribution in [1.82, 2.24) is 9.80 Å². The van der Waals surface area contributed by atoms with E-state index in [0.717, 1.165) is 12.8 Å². The number of rotatable bonds is 3. The van der Waals surface area contributed by atoms with E-state index in [0.29, 0.717) is 12.5 Å². The van der Waals surface area contributed by atoms with Gasteiger partial charge in [0.25, 0.3) is 0 Å². The van der Waals surface area contributed by atoms with Crippen molar-refractivity contribution in [3.8, 4) is 0 Å². The lowest BCUT2D eigenvalue weighted by Gasteiger charge is -2.40. The molecule has 0 radical (unpaired) electrons. The Hall–Kier alpha value is -2.30. The quantitative estimate of drug-likeness (QED) is 0.788. The van der Waals surface area contributed by atoms with Gasteiger partial charge in [-0.1, -0.05) is 38.1 Å². The van der Waals surface area contributed by atoms with Gasteiger partial charge in [-0.05, 0) is 61.8 Å². The first kappa shape index (κ1) is 20.4. The molecule has 1 aliphatic heterocycles. The number of likely N-dealkylation sites (N-methyl/N-ethyl adjacent to an activating group) is 1. The van der Waals surface area contributed by atoms with Gasteiger partial charge in [-0.2, -0.15) is 0 Å². The summed E-state index contributed by atoms with van der Waals surface area (Å²) in [7, 11) is 1.62. The second-order valence-electron chi connectivity index (χ2n) is 9.20. The van der Waals surface area contributed by atoms with Crippen LogP contribution < -0.4 is 0 Å². The van der Waals surface area contributed by atoms with Crippen LogP contribution in [0.5, 0.6) is 0 Å². The maximum Gasteiger partial charge on any atom is 0.410 e. The molecule has 3 rings (SSSR count). The van der Waals surface area contributed by atoms with Crippen LogP contribution in [0.1, 0.15) is 52.2 Å². The summed E-state index contributed by atoms with van der Waals surface area (Å²) in [6, 6.07) is 8.64. The number of amides is 2. The molecule has 0 bridgehead atoms. The molecule has 5 heteroatoms. The van der Waals surface area contributed by atoms with Crippen molar-refractivity contribution in [1.29, 1.82) is 0 Å².